The molecule has 1 atom stereocenters. The lowest BCUT2D eigenvalue weighted by Gasteiger charge is -2.20. The molecule has 2 nitrogen and oxygen atoms in total. The highest BCUT2D eigenvalue weighted by atomic mass is 15.2. The fourth-order valence-electron chi connectivity index (χ4n) is 2.35. The van der Waals surface area contributed by atoms with Crippen molar-refractivity contribution < 1.29 is 0 Å². The van der Waals surface area contributed by atoms with Gasteiger partial charge >= 0.3 is 0 Å². The standard InChI is InChI=1S/C15H24N2/c1-15(2,3)12-5-7-13(8-6-12)16-14-9-10-17(4)11-14/h5-8,14,16H,9-11H2,1-4H3. The zero-order valence-electron chi connectivity index (χ0n) is 11.5. The van der Waals surface area contributed by atoms with Gasteiger partial charge in [-0.1, -0.05) is 32.9 Å². The number of benzene rings is 1. The number of likely N-dealkylation sites (N-methyl/N-ethyl adjacent to an activating group) is 1. The number of hydrogen-bond acceptors (Lipinski definition) is 2. The molecule has 2 heteroatoms. The maximum atomic E-state index is 3.61. The highest BCUT2D eigenvalue weighted by Gasteiger charge is 2.19. The maximum Gasteiger partial charge on any atom is 0.0400 e. The van der Waals surface area contributed by atoms with E-state index in [1.165, 1.54) is 24.2 Å². The molecule has 0 spiro atoms. The van der Waals surface area contributed by atoms with Crippen LogP contribution in [-0.4, -0.2) is 31.1 Å². The Labute approximate surface area is 105 Å². The van der Waals surface area contributed by atoms with Crippen molar-refractivity contribution in [3.05, 3.63) is 29.8 Å². The fraction of sp³-hybridized carbons (Fsp3) is 0.600. The van der Waals surface area contributed by atoms with Gasteiger partial charge in [-0.15, -0.1) is 0 Å². The van der Waals surface area contributed by atoms with E-state index in [4.69, 9.17) is 0 Å². The molecule has 1 aliphatic heterocycles. The second kappa shape index (κ2) is 4.69. The minimum atomic E-state index is 0.242. The van der Waals surface area contributed by atoms with Gasteiger partial charge in [0.15, 0.2) is 0 Å². The van der Waals surface area contributed by atoms with E-state index in [-0.39, 0.29) is 5.41 Å². The van der Waals surface area contributed by atoms with E-state index in [2.05, 4.69) is 62.3 Å². The van der Waals surface area contributed by atoms with E-state index < -0.39 is 0 Å². The Bertz CT molecular complexity index is 362. The van der Waals surface area contributed by atoms with Crippen LogP contribution in [0.4, 0.5) is 5.69 Å². The van der Waals surface area contributed by atoms with Gasteiger partial charge in [-0.3, -0.25) is 0 Å². The van der Waals surface area contributed by atoms with Gasteiger partial charge in [0.25, 0.3) is 0 Å². The summed E-state index contributed by atoms with van der Waals surface area (Å²) in [4.78, 5) is 2.38. The fourth-order valence-corrected chi connectivity index (χ4v) is 2.35. The number of hydrogen-bond donors (Lipinski definition) is 1. The zero-order valence-corrected chi connectivity index (χ0v) is 11.5. The van der Waals surface area contributed by atoms with Gasteiger partial charge in [-0.25, -0.2) is 0 Å². The molecule has 1 fully saturated rings. The van der Waals surface area contributed by atoms with E-state index >= 15 is 0 Å². The summed E-state index contributed by atoms with van der Waals surface area (Å²) in [6, 6.07) is 9.50. The SMILES string of the molecule is CN1CCC(Nc2ccc(C(C)(C)C)cc2)C1. The van der Waals surface area contributed by atoms with Crippen LogP contribution in [-0.2, 0) is 5.41 Å². The lowest BCUT2D eigenvalue weighted by Crippen LogP contribution is -2.23. The Morgan fingerprint density at radius 3 is 2.29 bits per heavy atom. The molecular formula is C15H24N2. The lowest BCUT2D eigenvalue weighted by atomic mass is 9.87. The highest BCUT2D eigenvalue weighted by Crippen LogP contribution is 2.24. The lowest BCUT2D eigenvalue weighted by molar-refractivity contribution is 0.414. The summed E-state index contributed by atoms with van der Waals surface area (Å²) in [5, 5.41) is 3.61. The maximum absolute atomic E-state index is 3.61. The molecule has 0 radical (unpaired) electrons. The minimum Gasteiger partial charge on any atom is -0.381 e. The summed E-state index contributed by atoms with van der Waals surface area (Å²) in [6.45, 7) is 9.11. The van der Waals surface area contributed by atoms with E-state index in [0.717, 1.165) is 6.54 Å². The first-order valence-electron chi connectivity index (χ1n) is 6.51. The van der Waals surface area contributed by atoms with Crippen LogP contribution in [0.5, 0.6) is 0 Å². The molecule has 1 saturated heterocycles. The van der Waals surface area contributed by atoms with Crippen molar-refractivity contribution in [1.82, 2.24) is 4.90 Å². The highest BCUT2D eigenvalue weighted by molar-refractivity contribution is 5.46. The Balaban J connectivity index is 1.99. The van der Waals surface area contributed by atoms with Crippen LogP contribution in [0.1, 0.15) is 32.8 Å². The van der Waals surface area contributed by atoms with Crippen molar-refractivity contribution in [2.45, 2.75) is 38.6 Å². The van der Waals surface area contributed by atoms with E-state index in [1.54, 1.807) is 0 Å². The molecule has 17 heavy (non-hydrogen) atoms. The molecule has 1 heterocycles. The summed E-state index contributed by atoms with van der Waals surface area (Å²) >= 11 is 0. The van der Waals surface area contributed by atoms with Crippen LogP contribution in [0.25, 0.3) is 0 Å². The van der Waals surface area contributed by atoms with Gasteiger partial charge in [-0.05, 0) is 43.1 Å². The van der Waals surface area contributed by atoms with Crippen LogP contribution in [0.2, 0.25) is 0 Å². The van der Waals surface area contributed by atoms with E-state index in [1.807, 2.05) is 0 Å². The first-order valence-corrected chi connectivity index (χ1v) is 6.51. The second-order valence-electron chi connectivity index (χ2n) is 6.22. The third-order valence-electron chi connectivity index (χ3n) is 3.51. The molecule has 1 N–H and O–H groups in total. The molecule has 1 aliphatic rings. The van der Waals surface area contributed by atoms with Crippen molar-refractivity contribution in [1.29, 1.82) is 0 Å². The van der Waals surface area contributed by atoms with Crippen LogP contribution >= 0.6 is 0 Å². The molecule has 1 aromatic carbocycles. The van der Waals surface area contributed by atoms with Crippen LogP contribution in [0.3, 0.4) is 0 Å². The number of nitrogens with zero attached hydrogens (tertiary/aromatic N) is 1. The molecular weight excluding hydrogens is 208 g/mol. The Morgan fingerprint density at radius 2 is 1.82 bits per heavy atom. The zero-order chi connectivity index (χ0) is 12.5. The van der Waals surface area contributed by atoms with Crippen molar-refractivity contribution in [2.75, 3.05) is 25.5 Å². The van der Waals surface area contributed by atoms with Crippen molar-refractivity contribution in [2.24, 2.45) is 0 Å². The summed E-state index contributed by atoms with van der Waals surface area (Å²) in [7, 11) is 2.18. The molecule has 2 rings (SSSR count). The molecule has 0 bridgehead atoms. The number of anilines is 1. The molecule has 0 aliphatic carbocycles. The normalized spacial score (nSPS) is 21.8. The summed E-state index contributed by atoms with van der Waals surface area (Å²) < 4.78 is 0. The molecule has 0 amide bonds. The molecule has 0 aromatic heterocycles. The minimum absolute atomic E-state index is 0.242. The van der Waals surface area contributed by atoms with Gasteiger partial charge in [0, 0.05) is 18.3 Å². The number of rotatable bonds is 2. The van der Waals surface area contributed by atoms with Crippen LogP contribution in [0.15, 0.2) is 24.3 Å². The average Bonchev–Trinajstić information content (AvgIpc) is 2.63. The predicted molar refractivity (Wildman–Crippen MR) is 74.7 cm³/mol. The third-order valence-corrected chi connectivity index (χ3v) is 3.51. The molecule has 1 aromatic rings. The van der Waals surface area contributed by atoms with Crippen LogP contribution < -0.4 is 5.32 Å². The van der Waals surface area contributed by atoms with Gasteiger partial charge in [-0.2, -0.15) is 0 Å². The molecule has 94 valence electrons. The van der Waals surface area contributed by atoms with E-state index in [9.17, 15) is 0 Å². The summed E-state index contributed by atoms with van der Waals surface area (Å²) in [5.74, 6) is 0. The smallest absolute Gasteiger partial charge is 0.0400 e. The average molecular weight is 232 g/mol. The second-order valence-corrected chi connectivity index (χ2v) is 6.22. The Morgan fingerprint density at radius 1 is 1.18 bits per heavy atom. The molecule has 1 unspecified atom stereocenters. The Hall–Kier alpha value is -1.02. The van der Waals surface area contributed by atoms with Crippen LogP contribution in [0, 0.1) is 0 Å². The van der Waals surface area contributed by atoms with Gasteiger partial charge in [0.1, 0.15) is 0 Å². The van der Waals surface area contributed by atoms with Crippen molar-refractivity contribution in [3.63, 3.8) is 0 Å². The van der Waals surface area contributed by atoms with Gasteiger partial charge in [0.05, 0.1) is 0 Å². The first-order chi connectivity index (χ1) is 7.95. The predicted octanol–water partition coefficient (Wildman–Crippen LogP) is 3.10. The third kappa shape index (κ3) is 3.22. The monoisotopic (exact) mass is 232 g/mol. The van der Waals surface area contributed by atoms with Gasteiger partial charge < -0.3 is 10.2 Å². The quantitative estimate of drug-likeness (QED) is 0.843. The molecule has 0 saturated carbocycles. The van der Waals surface area contributed by atoms with E-state index in [0.29, 0.717) is 6.04 Å². The van der Waals surface area contributed by atoms with Crippen molar-refractivity contribution in [3.8, 4) is 0 Å². The first kappa shape index (κ1) is 12.4. The number of nitrogens with one attached hydrogen (secondary N) is 1. The largest absolute Gasteiger partial charge is 0.381 e. The number of likely N-dealkylation sites (tertiary alicyclic amines) is 1. The van der Waals surface area contributed by atoms with Crippen molar-refractivity contribution >= 4 is 5.69 Å². The summed E-state index contributed by atoms with van der Waals surface area (Å²) in [6.07, 6.45) is 1.25. The van der Waals surface area contributed by atoms with Gasteiger partial charge in [0.2, 0.25) is 0 Å². The summed E-state index contributed by atoms with van der Waals surface area (Å²) in [5.41, 5.74) is 2.89. The Kier molecular flexibility index (Phi) is 3.43. The topological polar surface area (TPSA) is 15.3 Å².